The summed E-state index contributed by atoms with van der Waals surface area (Å²) in [5.41, 5.74) is 5.49. The molecule has 3 aliphatic heterocycles. The van der Waals surface area contributed by atoms with Gasteiger partial charge in [-0.05, 0) is 49.1 Å². The van der Waals surface area contributed by atoms with Gasteiger partial charge in [-0.3, -0.25) is 24.3 Å². The Balaban J connectivity index is 0.000000937. The summed E-state index contributed by atoms with van der Waals surface area (Å²) in [5.74, 6) is -0.210. The van der Waals surface area contributed by atoms with Gasteiger partial charge in [0.2, 0.25) is 11.8 Å². The fourth-order valence-electron chi connectivity index (χ4n) is 5.71. The summed E-state index contributed by atoms with van der Waals surface area (Å²) < 4.78 is 1.04. The van der Waals surface area contributed by atoms with Crippen LogP contribution in [-0.4, -0.2) is 70.2 Å². The van der Waals surface area contributed by atoms with Gasteiger partial charge in [-0.25, -0.2) is 0 Å². The lowest BCUT2D eigenvalue weighted by Crippen LogP contribution is -2.40. The van der Waals surface area contributed by atoms with Crippen molar-refractivity contribution >= 4 is 57.1 Å². The lowest BCUT2D eigenvalue weighted by Gasteiger charge is -2.38. The largest absolute Gasteiger partial charge is 0.483 e. The number of benzene rings is 1. The minimum absolute atomic E-state index is 0.105. The second-order valence-corrected chi connectivity index (χ2v) is 11.3. The Hall–Kier alpha value is -3.05. The van der Waals surface area contributed by atoms with Gasteiger partial charge in [0.25, 0.3) is 6.47 Å². The first-order valence-corrected chi connectivity index (χ1v) is 13.8. The molecule has 1 aromatic carbocycles. The third kappa shape index (κ3) is 5.13. The second-order valence-electron chi connectivity index (χ2n) is 9.70. The Kier molecular flexibility index (Phi) is 7.94. The number of carbonyl (C=O) groups excluding carboxylic acids is 2. The van der Waals surface area contributed by atoms with E-state index in [1.54, 1.807) is 11.3 Å². The van der Waals surface area contributed by atoms with Gasteiger partial charge >= 0.3 is 0 Å². The molecule has 0 spiro atoms. The van der Waals surface area contributed by atoms with E-state index in [0.29, 0.717) is 30.5 Å². The predicted octanol–water partition coefficient (Wildman–Crippen LogP) is 3.44. The average molecular weight is 557 g/mol. The van der Waals surface area contributed by atoms with Crippen molar-refractivity contribution in [2.24, 2.45) is 0 Å². The second kappa shape index (κ2) is 11.4. The third-order valence-corrected chi connectivity index (χ3v) is 8.73. The number of nitrogens with zero attached hydrogens (tertiary/aromatic N) is 3. The molecule has 0 bridgehead atoms. The van der Waals surface area contributed by atoms with Gasteiger partial charge < -0.3 is 20.4 Å². The van der Waals surface area contributed by atoms with Crippen molar-refractivity contribution in [1.82, 2.24) is 15.2 Å². The van der Waals surface area contributed by atoms with Gasteiger partial charge in [0, 0.05) is 70.9 Å². The molecule has 0 aliphatic carbocycles. The van der Waals surface area contributed by atoms with Gasteiger partial charge in [0.1, 0.15) is 0 Å². The van der Waals surface area contributed by atoms with E-state index in [-0.39, 0.29) is 30.9 Å². The van der Waals surface area contributed by atoms with Crippen molar-refractivity contribution < 1.29 is 24.6 Å². The maximum atomic E-state index is 12.2. The molecule has 9 nitrogen and oxygen atoms in total. The van der Waals surface area contributed by atoms with E-state index in [1.165, 1.54) is 16.2 Å². The van der Waals surface area contributed by atoms with Crippen LogP contribution in [0.1, 0.15) is 36.1 Å². The monoisotopic (exact) mass is 556 g/mol. The average Bonchev–Trinajstić information content (AvgIpc) is 3.63. The number of imide groups is 1. The molecule has 2 atom stereocenters. The smallest absolute Gasteiger partial charge is 0.290 e. The molecular weight excluding hydrogens is 528 g/mol. The number of rotatable bonds is 5. The summed E-state index contributed by atoms with van der Waals surface area (Å²) in [5, 5.41) is 20.7. The van der Waals surface area contributed by atoms with Crippen molar-refractivity contribution in [3.8, 4) is 11.1 Å². The first kappa shape index (κ1) is 26.6. The number of aliphatic hydroxyl groups is 1. The lowest BCUT2D eigenvalue weighted by atomic mass is 9.92. The Morgan fingerprint density at radius 3 is 2.63 bits per heavy atom. The minimum Gasteiger partial charge on any atom is -0.483 e. The zero-order valence-corrected chi connectivity index (χ0v) is 22.3. The van der Waals surface area contributed by atoms with Gasteiger partial charge in [0.05, 0.1) is 23.4 Å². The molecule has 0 radical (unpaired) electrons. The maximum Gasteiger partial charge on any atom is 0.290 e. The number of aryl methyl sites for hydroxylation is 1. The van der Waals surface area contributed by atoms with Crippen LogP contribution < -0.4 is 10.2 Å². The third-order valence-electron chi connectivity index (χ3n) is 7.37. The number of nitrogens with one attached hydrogen (secondary N) is 1. The molecule has 3 N–H and O–H groups in total. The molecule has 200 valence electrons. The number of hydrogen-bond acceptors (Lipinski definition) is 8. The van der Waals surface area contributed by atoms with E-state index >= 15 is 0 Å². The Morgan fingerprint density at radius 1 is 1.16 bits per heavy atom. The predicted molar refractivity (Wildman–Crippen MR) is 146 cm³/mol. The van der Waals surface area contributed by atoms with Gasteiger partial charge in [-0.15, -0.1) is 11.3 Å². The SMILES string of the molecule is O=C1CCC(=O)N1Cc1cc2nccc(-c3cc(Cl)cc4c3N([C@@H]3CN[C@H](CO)C3)CCC4)c2s1.O=CO. The van der Waals surface area contributed by atoms with Crippen molar-refractivity contribution in [3.63, 3.8) is 0 Å². The number of halogens is 1. The number of amides is 2. The van der Waals surface area contributed by atoms with Crippen molar-refractivity contribution in [3.05, 3.63) is 45.9 Å². The number of hydrogen-bond donors (Lipinski definition) is 3. The number of anilines is 1. The van der Waals surface area contributed by atoms with Crippen LogP contribution in [0.4, 0.5) is 5.69 Å². The Morgan fingerprint density at radius 2 is 1.92 bits per heavy atom. The van der Waals surface area contributed by atoms with E-state index < -0.39 is 0 Å². The van der Waals surface area contributed by atoms with Gasteiger partial charge in [-0.1, -0.05) is 11.6 Å². The summed E-state index contributed by atoms with van der Waals surface area (Å²) in [6.45, 7) is 2.01. The van der Waals surface area contributed by atoms with Crippen LogP contribution in [0.25, 0.3) is 21.3 Å². The van der Waals surface area contributed by atoms with Crippen LogP contribution in [-0.2, 0) is 27.3 Å². The normalized spacial score (nSPS) is 21.0. The number of aromatic nitrogens is 1. The van der Waals surface area contributed by atoms with E-state index in [9.17, 15) is 14.7 Å². The topological polar surface area (TPSA) is 123 Å². The Bertz CT molecular complexity index is 1360. The summed E-state index contributed by atoms with van der Waals surface area (Å²) in [7, 11) is 0. The van der Waals surface area contributed by atoms with E-state index in [1.807, 2.05) is 24.4 Å². The maximum absolute atomic E-state index is 12.2. The van der Waals surface area contributed by atoms with Crippen LogP contribution in [0, 0.1) is 0 Å². The first-order chi connectivity index (χ1) is 18.4. The van der Waals surface area contributed by atoms with Crippen LogP contribution >= 0.6 is 22.9 Å². The zero-order valence-electron chi connectivity index (χ0n) is 20.7. The van der Waals surface area contributed by atoms with Crippen molar-refractivity contribution in [2.45, 2.75) is 50.7 Å². The standard InChI is InChI=1S/C26H27ClN4O3S.CH2O2/c27-16-8-15-2-1-7-30(18-10-17(14-32)29-12-18)25(15)21(9-16)20-5-6-28-22-11-19(35-26(20)22)13-31-23(33)3-4-24(31)34;2-1-3/h5-6,8-9,11,17-18,29,32H,1-4,7,10,12-14H2;1H,(H,2,3)/t17-,18-;/m0./s1. The molecule has 2 fully saturated rings. The fourth-order valence-corrected chi connectivity index (χ4v) is 7.09. The van der Waals surface area contributed by atoms with Gasteiger partial charge in [-0.2, -0.15) is 0 Å². The van der Waals surface area contributed by atoms with E-state index in [4.69, 9.17) is 21.5 Å². The number of pyridine rings is 1. The quantitative estimate of drug-likeness (QED) is 0.323. The molecule has 0 unspecified atom stereocenters. The molecule has 0 saturated carbocycles. The number of carboxylic acid groups (broad SMARTS) is 1. The molecule has 2 saturated heterocycles. The summed E-state index contributed by atoms with van der Waals surface area (Å²) in [6.07, 6.45) is 5.37. The number of fused-ring (bicyclic) bond motifs is 2. The van der Waals surface area contributed by atoms with Crippen molar-refractivity contribution in [1.29, 1.82) is 0 Å². The highest BCUT2D eigenvalue weighted by atomic mass is 35.5. The molecule has 3 aliphatic rings. The number of carbonyl (C=O) groups is 3. The van der Waals surface area contributed by atoms with E-state index in [2.05, 4.69) is 21.3 Å². The summed E-state index contributed by atoms with van der Waals surface area (Å²) in [6, 6.07) is 8.60. The van der Waals surface area contributed by atoms with Crippen LogP contribution in [0.15, 0.2) is 30.5 Å². The number of likely N-dealkylation sites (tertiary alicyclic amines) is 1. The number of thiophene rings is 1. The first-order valence-electron chi connectivity index (χ1n) is 12.7. The molecule has 2 aromatic heterocycles. The highest BCUT2D eigenvalue weighted by molar-refractivity contribution is 7.19. The summed E-state index contributed by atoms with van der Waals surface area (Å²) >= 11 is 8.22. The highest BCUT2D eigenvalue weighted by Gasteiger charge is 2.33. The zero-order chi connectivity index (χ0) is 26.8. The Labute approximate surface area is 229 Å². The molecule has 11 heteroatoms. The minimum atomic E-state index is -0.250. The lowest BCUT2D eigenvalue weighted by molar-refractivity contribution is -0.139. The fraction of sp³-hybridized carbons (Fsp3) is 0.407. The van der Waals surface area contributed by atoms with Crippen LogP contribution in [0.2, 0.25) is 5.02 Å². The summed E-state index contributed by atoms with van der Waals surface area (Å²) in [4.78, 5) is 42.1. The highest BCUT2D eigenvalue weighted by Crippen LogP contribution is 2.45. The number of aliphatic hydroxyl groups excluding tert-OH is 1. The molecular formula is C27H29ClN4O5S. The molecule has 5 heterocycles. The van der Waals surface area contributed by atoms with E-state index in [0.717, 1.165) is 58.6 Å². The van der Waals surface area contributed by atoms with Crippen molar-refractivity contribution in [2.75, 3.05) is 24.6 Å². The van der Waals surface area contributed by atoms with Crippen LogP contribution in [0.3, 0.4) is 0 Å². The van der Waals surface area contributed by atoms with Gasteiger partial charge in [0.15, 0.2) is 0 Å². The molecule has 6 rings (SSSR count). The molecule has 3 aromatic rings. The molecule has 2 amide bonds. The van der Waals surface area contributed by atoms with Crippen LogP contribution in [0.5, 0.6) is 0 Å². The molecule has 38 heavy (non-hydrogen) atoms.